The summed E-state index contributed by atoms with van der Waals surface area (Å²) in [6.07, 6.45) is 0. The average Bonchev–Trinajstić information content (AvgIpc) is 2.91. The molecule has 1 aromatic heterocycles. The minimum absolute atomic E-state index is 0.0822. The number of sulfonamides is 1. The van der Waals surface area contributed by atoms with Gasteiger partial charge in [-0.15, -0.1) is 10.2 Å². The number of hydrogen-bond acceptors (Lipinski definition) is 5. The zero-order valence-corrected chi connectivity index (χ0v) is 16.3. The monoisotopic (exact) mass is 421 g/mol. The van der Waals surface area contributed by atoms with Gasteiger partial charge < -0.3 is 15.0 Å². The predicted octanol–water partition coefficient (Wildman–Crippen LogP) is 3.63. The van der Waals surface area contributed by atoms with Gasteiger partial charge >= 0.3 is 0 Å². The molecule has 3 rings (SSSR count). The van der Waals surface area contributed by atoms with Gasteiger partial charge in [0.25, 0.3) is 0 Å². The summed E-state index contributed by atoms with van der Waals surface area (Å²) in [5.41, 5.74) is 0.650. The lowest BCUT2D eigenvalue weighted by molar-refractivity contribution is 0.425. The van der Waals surface area contributed by atoms with Crippen LogP contribution in [-0.4, -0.2) is 23.2 Å². The molecule has 8 nitrogen and oxygen atoms in total. The van der Waals surface area contributed by atoms with Gasteiger partial charge in [-0.1, -0.05) is 18.2 Å². The number of nitrogens with zero attached hydrogens (tertiary/aromatic N) is 3. The molecule has 0 saturated carbocycles. The summed E-state index contributed by atoms with van der Waals surface area (Å²) in [5, 5.41) is 26.3. The molecule has 0 aliphatic heterocycles. The molecule has 11 heteroatoms. The van der Waals surface area contributed by atoms with Gasteiger partial charge in [-0.3, -0.25) is 0 Å². The van der Waals surface area contributed by atoms with E-state index in [4.69, 9.17) is 17.4 Å². The van der Waals surface area contributed by atoms with Crippen molar-refractivity contribution in [1.29, 1.82) is 0 Å². The van der Waals surface area contributed by atoms with Gasteiger partial charge in [-0.2, -0.15) is 0 Å². The summed E-state index contributed by atoms with van der Waals surface area (Å²) in [5.74, 6) is -0.720. The number of halogens is 1. The number of nitrogens with two attached hydrogens (primary N) is 1. The number of primary sulfonamides is 1. The smallest absolute Gasteiger partial charge is 0.238 e. The van der Waals surface area contributed by atoms with Gasteiger partial charge in [0.2, 0.25) is 21.0 Å². The highest BCUT2D eigenvalue weighted by Gasteiger charge is 2.18. The van der Waals surface area contributed by atoms with E-state index in [0.29, 0.717) is 17.6 Å². The third-order valence-electron chi connectivity index (χ3n) is 3.95. The molecule has 0 bridgehead atoms. The van der Waals surface area contributed by atoms with Crippen LogP contribution in [0.3, 0.4) is 0 Å². The lowest BCUT2D eigenvalue weighted by atomic mass is 10.2. The van der Waals surface area contributed by atoms with Gasteiger partial charge in [0.05, 0.1) is 10.4 Å². The zero-order chi connectivity index (χ0) is 20.5. The molecule has 0 aliphatic carbocycles. The zero-order valence-electron chi connectivity index (χ0n) is 14.6. The Morgan fingerprint density at radius 1 is 1.32 bits per heavy atom. The number of rotatable bonds is 4. The largest absolute Gasteiger partial charge is 0.493 e. The van der Waals surface area contributed by atoms with Gasteiger partial charge in [0, 0.05) is 17.6 Å². The average molecular weight is 421 g/mol. The lowest BCUT2D eigenvalue weighted by Crippen LogP contribution is -2.13. The van der Waals surface area contributed by atoms with Crippen molar-refractivity contribution in [2.75, 3.05) is 5.32 Å². The van der Waals surface area contributed by atoms with Crippen LogP contribution in [0.4, 0.5) is 15.8 Å². The van der Waals surface area contributed by atoms with Crippen molar-refractivity contribution in [3.05, 3.63) is 48.3 Å². The first-order valence-electron chi connectivity index (χ1n) is 8.07. The molecule has 0 spiro atoms. The van der Waals surface area contributed by atoms with E-state index in [0.717, 1.165) is 0 Å². The third-order valence-corrected chi connectivity index (χ3v) is 5.04. The maximum Gasteiger partial charge on any atom is 0.238 e. The van der Waals surface area contributed by atoms with Gasteiger partial charge in [-0.05, 0) is 43.4 Å². The molecule has 0 unspecified atom stereocenters. The number of benzene rings is 2. The fourth-order valence-corrected chi connectivity index (χ4v) is 3.45. The van der Waals surface area contributed by atoms with Crippen LogP contribution < -0.4 is 10.5 Å². The summed E-state index contributed by atoms with van der Waals surface area (Å²) in [7, 11) is -3.86. The number of azo groups is 1. The summed E-state index contributed by atoms with van der Waals surface area (Å²) >= 11 is 5.08. The van der Waals surface area contributed by atoms with Crippen LogP contribution in [0.5, 0.6) is 5.88 Å². The molecule has 0 amide bonds. The van der Waals surface area contributed by atoms with E-state index < -0.39 is 15.8 Å². The van der Waals surface area contributed by atoms with Crippen molar-refractivity contribution in [3.63, 3.8) is 0 Å². The van der Waals surface area contributed by atoms with Crippen molar-refractivity contribution in [1.82, 2.24) is 4.57 Å². The van der Waals surface area contributed by atoms with E-state index in [1.54, 1.807) is 19.1 Å². The van der Waals surface area contributed by atoms with E-state index in [1.165, 1.54) is 34.9 Å². The van der Waals surface area contributed by atoms with Gasteiger partial charge in [0.1, 0.15) is 5.82 Å². The van der Waals surface area contributed by atoms with Crippen LogP contribution in [-0.2, 0) is 16.6 Å². The number of anilines is 1. The first-order chi connectivity index (χ1) is 13.2. The Bertz CT molecular complexity index is 1200. The SMILES string of the molecule is CCn1c(O)c(N=NC(=S)Nc2cccc(S(N)(=O)=O)c2)c2cccc(F)c21. The fourth-order valence-electron chi connectivity index (χ4n) is 2.74. The second-order valence-corrected chi connectivity index (χ2v) is 7.70. The Morgan fingerprint density at radius 3 is 2.71 bits per heavy atom. The maximum absolute atomic E-state index is 14.1. The molecule has 2 aromatic carbocycles. The number of hydrogen-bond donors (Lipinski definition) is 3. The molecule has 1 heterocycles. The van der Waals surface area contributed by atoms with Crippen molar-refractivity contribution < 1.29 is 17.9 Å². The fraction of sp³-hybridized carbons (Fsp3) is 0.118. The number of nitrogens with one attached hydrogen (secondary N) is 1. The first-order valence-corrected chi connectivity index (χ1v) is 10.0. The minimum atomic E-state index is -3.86. The normalized spacial score (nSPS) is 12.0. The molecule has 4 N–H and O–H groups in total. The van der Waals surface area contributed by atoms with E-state index >= 15 is 0 Å². The van der Waals surface area contributed by atoms with Crippen molar-refractivity contribution in [3.8, 4) is 5.88 Å². The topological polar surface area (TPSA) is 122 Å². The molecule has 0 radical (unpaired) electrons. The highest BCUT2D eigenvalue weighted by atomic mass is 32.2. The molecule has 0 saturated heterocycles. The Kier molecular flexibility index (Phi) is 5.40. The number of aryl methyl sites for hydroxylation is 1. The van der Waals surface area contributed by atoms with Crippen LogP contribution in [0.1, 0.15) is 6.92 Å². The molecule has 146 valence electrons. The Labute approximate surface area is 165 Å². The molecule has 0 aliphatic rings. The molecule has 28 heavy (non-hydrogen) atoms. The summed E-state index contributed by atoms with van der Waals surface area (Å²) in [6.45, 7) is 2.10. The molecule has 0 fully saturated rings. The predicted molar refractivity (Wildman–Crippen MR) is 108 cm³/mol. The standard InChI is InChI=1S/C17H16FN5O3S2/c1-2-23-15-12(7-4-8-13(15)18)14(16(23)24)21-22-17(27)20-10-5-3-6-11(9-10)28(19,25)26/h3-9,24H,2H2,1H3,(H,20,27)(H2,19,25,26). The van der Waals surface area contributed by atoms with Gasteiger partial charge in [0.15, 0.2) is 5.69 Å². The summed E-state index contributed by atoms with van der Waals surface area (Å²) < 4.78 is 38.4. The van der Waals surface area contributed by atoms with Crippen LogP contribution in [0, 0.1) is 5.82 Å². The number of para-hydroxylation sites is 1. The Morgan fingerprint density at radius 2 is 2.04 bits per heavy atom. The number of fused-ring (bicyclic) bond motifs is 1. The van der Waals surface area contributed by atoms with Crippen molar-refractivity contribution >= 4 is 49.6 Å². The van der Waals surface area contributed by atoms with Crippen molar-refractivity contribution in [2.45, 2.75) is 18.4 Å². The van der Waals surface area contributed by atoms with Gasteiger partial charge in [-0.25, -0.2) is 17.9 Å². The highest BCUT2D eigenvalue weighted by Crippen LogP contribution is 2.39. The van der Waals surface area contributed by atoms with Crippen LogP contribution in [0.25, 0.3) is 10.9 Å². The quantitative estimate of drug-likeness (QED) is 0.439. The maximum atomic E-state index is 14.1. The second kappa shape index (κ2) is 7.62. The van der Waals surface area contributed by atoms with Crippen LogP contribution >= 0.6 is 12.2 Å². The molecule has 0 atom stereocenters. The van der Waals surface area contributed by atoms with E-state index in [2.05, 4.69) is 15.5 Å². The first kappa shape index (κ1) is 19.9. The summed E-state index contributed by atoms with van der Waals surface area (Å²) in [4.78, 5) is -0.0867. The van der Waals surface area contributed by atoms with E-state index in [1.807, 2.05) is 0 Å². The molecular weight excluding hydrogens is 405 g/mol. The summed E-state index contributed by atoms with van der Waals surface area (Å²) in [6, 6.07) is 10.1. The number of aromatic nitrogens is 1. The Balaban J connectivity index is 1.90. The second-order valence-electron chi connectivity index (χ2n) is 5.76. The molecule has 3 aromatic rings. The minimum Gasteiger partial charge on any atom is -0.493 e. The Hall–Kier alpha value is -2.89. The van der Waals surface area contributed by atoms with Crippen molar-refractivity contribution in [2.24, 2.45) is 15.4 Å². The van der Waals surface area contributed by atoms with Crippen LogP contribution in [0.15, 0.2) is 57.6 Å². The molecular formula is C17H16FN5O3S2. The number of aromatic hydroxyl groups is 1. The van der Waals surface area contributed by atoms with Crippen LogP contribution in [0.2, 0.25) is 0 Å². The lowest BCUT2D eigenvalue weighted by Gasteiger charge is -2.05. The number of thiocarbonyl (C=S) groups is 1. The third kappa shape index (κ3) is 3.86. The van der Waals surface area contributed by atoms with E-state index in [9.17, 15) is 17.9 Å². The van der Waals surface area contributed by atoms with E-state index in [-0.39, 0.29) is 27.1 Å². The highest BCUT2D eigenvalue weighted by molar-refractivity contribution is 7.89.